The number of likely N-dealkylation sites (tertiary alicyclic amines) is 1. The van der Waals surface area contributed by atoms with Gasteiger partial charge in [-0.05, 0) is 61.1 Å². The lowest BCUT2D eigenvalue weighted by Gasteiger charge is -2.30. The molecule has 2 unspecified atom stereocenters. The quantitative estimate of drug-likeness (QED) is 0.618. The number of hydrogen-bond donors (Lipinski definition) is 2. The third-order valence-electron chi connectivity index (χ3n) is 5.46. The Balaban J connectivity index is 1.58. The molecule has 2 heterocycles. The van der Waals surface area contributed by atoms with Crippen LogP contribution in [-0.2, 0) is 6.54 Å². The number of thiocarbonyl (C=S) groups is 1. The molecule has 0 amide bonds. The van der Waals surface area contributed by atoms with Crippen molar-refractivity contribution in [3.63, 3.8) is 0 Å². The monoisotopic (exact) mass is 436 g/mol. The van der Waals surface area contributed by atoms with Gasteiger partial charge in [0.2, 0.25) is 0 Å². The molecule has 2 N–H and O–H groups in total. The molecule has 3 nitrogen and oxygen atoms in total. The maximum atomic E-state index is 6.28. The average Bonchev–Trinajstić information content (AvgIpc) is 3.17. The number of anilines is 1. The van der Waals surface area contributed by atoms with Crippen molar-refractivity contribution in [2.45, 2.75) is 39.7 Å². The van der Waals surface area contributed by atoms with Gasteiger partial charge in [-0.2, -0.15) is 0 Å². The molecule has 6 heteroatoms. The van der Waals surface area contributed by atoms with E-state index in [2.05, 4.69) is 34.7 Å². The second kappa shape index (κ2) is 10.6. The van der Waals surface area contributed by atoms with Crippen LogP contribution >= 0.6 is 35.2 Å². The van der Waals surface area contributed by atoms with E-state index in [1.54, 1.807) is 16.2 Å². The summed E-state index contributed by atoms with van der Waals surface area (Å²) in [6.45, 7) is 10.1. The standard InChI is InChI=1S/C22H30ClN3S2/c1-17-6-3-10-25(15-17)11-5-12-26(16-20-7-4-13-28-20)22(27)24-19-9-8-18(2)21(23)14-19/h4,7-9,13-14,17H,3,5-6,10-12,15-16H2,1-2H3,(H,24,27)/p+1. The van der Waals surface area contributed by atoms with Crippen LogP contribution in [0.2, 0.25) is 5.02 Å². The third kappa shape index (κ3) is 6.45. The molecule has 1 aliphatic heterocycles. The minimum absolute atomic E-state index is 0.764. The minimum Gasteiger partial charge on any atom is -0.344 e. The van der Waals surface area contributed by atoms with Crippen molar-refractivity contribution in [1.82, 2.24) is 4.90 Å². The molecule has 1 aromatic carbocycles. The van der Waals surface area contributed by atoms with Crippen molar-refractivity contribution in [2.24, 2.45) is 5.92 Å². The lowest BCUT2D eigenvalue weighted by Crippen LogP contribution is -3.13. The number of thiophene rings is 1. The summed E-state index contributed by atoms with van der Waals surface area (Å²) in [7, 11) is 0. The van der Waals surface area contributed by atoms with Gasteiger partial charge < -0.3 is 15.1 Å². The fourth-order valence-electron chi connectivity index (χ4n) is 3.86. The Bertz CT molecular complexity index is 763. The predicted molar refractivity (Wildman–Crippen MR) is 126 cm³/mol. The number of benzene rings is 1. The SMILES string of the molecule is Cc1ccc(NC(=S)N(CCC[NH+]2CCCC(C)C2)Cc2cccs2)cc1Cl. The highest BCUT2D eigenvalue weighted by atomic mass is 35.5. The lowest BCUT2D eigenvalue weighted by molar-refractivity contribution is -0.908. The molecule has 2 atom stereocenters. The average molecular weight is 437 g/mol. The topological polar surface area (TPSA) is 19.7 Å². The molecular weight excluding hydrogens is 406 g/mol. The molecule has 0 saturated carbocycles. The van der Waals surface area contributed by atoms with Gasteiger partial charge in [0.25, 0.3) is 0 Å². The number of quaternary nitrogens is 1. The molecule has 0 spiro atoms. The number of piperidine rings is 1. The van der Waals surface area contributed by atoms with Gasteiger partial charge in [0.05, 0.1) is 26.2 Å². The number of nitrogens with one attached hydrogen (secondary N) is 2. The molecule has 28 heavy (non-hydrogen) atoms. The van der Waals surface area contributed by atoms with E-state index < -0.39 is 0 Å². The van der Waals surface area contributed by atoms with Gasteiger partial charge in [-0.3, -0.25) is 0 Å². The fraction of sp³-hybridized carbons (Fsp3) is 0.500. The van der Waals surface area contributed by atoms with Gasteiger partial charge in [0.1, 0.15) is 0 Å². The van der Waals surface area contributed by atoms with E-state index in [4.69, 9.17) is 23.8 Å². The largest absolute Gasteiger partial charge is 0.344 e. The van der Waals surface area contributed by atoms with Crippen molar-refractivity contribution >= 4 is 46.0 Å². The zero-order valence-electron chi connectivity index (χ0n) is 16.8. The van der Waals surface area contributed by atoms with Crippen molar-refractivity contribution < 1.29 is 4.90 Å². The Morgan fingerprint density at radius 2 is 2.25 bits per heavy atom. The van der Waals surface area contributed by atoms with Crippen LogP contribution in [0.25, 0.3) is 0 Å². The Hall–Kier alpha value is -1.14. The van der Waals surface area contributed by atoms with Gasteiger partial charge in [0.15, 0.2) is 5.11 Å². The van der Waals surface area contributed by atoms with Gasteiger partial charge in [-0.15, -0.1) is 11.3 Å². The van der Waals surface area contributed by atoms with Gasteiger partial charge in [-0.25, -0.2) is 0 Å². The first-order valence-corrected chi connectivity index (χ1v) is 11.9. The molecule has 0 bridgehead atoms. The van der Waals surface area contributed by atoms with Crippen molar-refractivity contribution in [1.29, 1.82) is 0 Å². The molecule has 1 saturated heterocycles. The Kier molecular flexibility index (Phi) is 8.15. The summed E-state index contributed by atoms with van der Waals surface area (Å²) >= 11 is 13.8. The van der Waals surface area contributed by atoms with Crippen molar-refractivity contribution in [3.05, 3.63) is 51.2 Å². The summed E-state index contributed by atoms with van der Waals surface area (Å²) in [5, 5.41) is 7.05. The fourth-order valence-corrected chi connectivity index (χ4v) is 5.03. The van der Waals surface area contributed by atoms with Crippen LogP contribution in [0.5, 0.6) is 0 Å². The van der Waals surface area contributed by atoms with Gasteiger partial charge in [0, 0.05) is 34.5 Å². The number of hydrogen-bond acceptors (Lipinski definition) is 2. The minimum atomic E-state index is 0.764. The smallest absolute Gasteiger partial charge is 0.173 e. The maximum absolute atomic E-state index is 6.28. The molecule has 0 radical (unpaired) electrons. The van der Waals surface area contributed by atoms with Crippen LogP contribution in [0.1, 0.15) is 36.6 Å². The second-order valence-corrected chi connectivity index (χ2v) is 9.78. The highest BCUT2D eigenvalue weighted by molar-refractivity contribution is 7.80. The maximum Gasteiger partial charge on any atom is 0.173 e. The van der Waals surface area contributed by atoms with E-state index in [0.29, 0.717) is 0 Å². The first-order valence-electron chi connectivity index (χ1n) is 10.2. The van der Waals surface area contributed by atoms with Crippen LogP contribution in [0.15, 0.2) is 35.7 Å². The number of nitrogens with zero attached hydrogens (tertiary/aromatic N) is 1. The van der Waals surface area contributed by atoms with Crippen LogP contribution in [-0.4, -0.2) is 36.2 Å². The van der Waals surface area contributed by atoms with Crippen LogP contribution in [0.4, 0.5) is 5.69 Å². The highest BCUT2D eigenvalue weighted by Gasteiger charge is 2.20. The number of aryl methyl sites for hydroxylation is 1. The molecule has 0 aliphatic carbocycles. The van der Waals surface area contributed by atoms with Gasteiger partial charge >= 0.3 is 0 Å². The Morgan fingerprint density at radius 1 is 1.39 bits per heavy atom. The van der Waals surface area contributed by atoms with E-state index in [0.717, 1.165) is 46.8 Å². The normalized spacial score (nSPS) is 19.4. The summed E-state index contributed by atoms with van der Waals surface area (Å²) in [4.78, 5) is 5.38. The summed E-state index contributed by atoms with van der Waals surface area (Å²) in [5.74, 6) is 0.861. The highest BCUT2D eigenvalue weighted by Crippen LogP contribution is 2.21. The number of halogens is 1. The molecule has 2 aromatic rings. The van der Waals surface area contributed by atoms with Gasteiger partial charge in [-0.1, -0.05) is 30.7 Å². The zero-order chi connectivity index (χ0) is 19.9. The summed E-state index contributed by atoms with van der Waals surface area (Å²) in [6.07, 6.45) is 3.91. The molecular formula is C22H31ClN3S2+. The summed E-state index contributed by atoms with van der Waals surface area (Å²) in [5.41, 5.74) is 2.03. The molecule has 1 fully saturated rings. The van der Waals surface area contributed by atoms with E-state index in [1.165, 1.54) is 37.4 Å². The van der Waals surface area contributed by atoms with E-state index >= 15 is 0 Å². The van der Waals surface area contributed by atoms with Crippen LogP contribution in [0.3, 0.4) is 0 Å². The summed E-state index contributed by atoms with van der Waals surface area (Å²) in [6, 6.07) is 10.3. The first kappa shape index (κ1) is 21.6. The Labute approximate surface area is 183 Å². The number of rotatable bonds is 7. The lowest BCUT2D eigenvalue weighted by atomic mass is 10.0. The zero-order valence-corrected chi connectivity index (χ0v) is 19.2. The van der Waals surface area contributed by atoms with Crippen LogP contribution in [0, 0.1) is 12.8 Å². The van der Waals surface area contributed by atoms with Crippen LogP contribution < -0.4 is 10.2 Å². The second-order valence-electron chi connectivity index (χ2n) is 7.95. The van der Waals surface area contributed by atoms with E-state index in [1.807, 2.05) is 25.1 Å². The first-order chi connectivity index (χ1) is 13.5. The predicted octanol–water partition coefficient (Wildman–Crippen LogP) is 4.61. The molecule has 152 valence electrons. The van der Waals surface area contributed by atoms with Crippen molar-refractivity contribution in [3.8, 4) is 0 Å². The third-order valence-corrected chi connectivity index (χ3v) is 7.09. The molecule has 1 aliphatic rings. The summed E-state index contributed by atoms with van der Waals surface area (Å²) < 4.78 is 0. The van der Waals surface area contributed by atoms with Crippen molar-refractivity contribution in [2.75, 3.05) is 31.5 Å². The van der Waals surface area contributed by atoms with E-state index in [-0.39, 0.29) is 0 Å². The van der Waals surface area contributed by atoms with E-state index in [9.17, 15) is 0 Å². The molecule has 3 rings (SSSR count). The Morgan fingerprint density at radius 3 is 2.96 bits per heavy atom. The molecule has 1 aromatic heterocycles.